The molecule has 4 aromatic rings. The van der Waals surface area contributed by atoms with Crippen LogP contribution in [0.2, 0.25) is 0 Å². The standard InChI is InChI=1S/C23H18F2N2O4/c1-13-6-18-21(31-13)9-19(27(18)11-15-2-4-16(24)17(25)7-15)23(28)26-10-14-3-5-20-22(8-14)30-12-29-20/h2-9H,10-12H2,1H3,(H,26,28). The molecule has 1 amide bonds. The fourth-order valence-corrected chi connectivity index (χ4v) is 3.67. The Kier molecular flexibility index (Phi) is 4.62. The van der Waals surface area contributed by atoms with E-state index in [4.69, 9.17) is 13.9 Å². The third-order valence-electron chi connectivity index (χ3n) is 5.16. The fourth-order valence-electron chi connectivity index (χ4n) is 3.67. The minimum Gasteiger partial charge on any atom is -0.460 e. The summed E-state index contributed by atoms with van der Waals surface area (Å²) in [5.74, 6) is -0.159. The van der Waals surface area contributed by atoms with Crippen LogP contribution >= 0.6 is 0 Å². The number of fused-ring (bicyclic) bond motifs is 2. The number of benzene rings is 2. The highest BCUT2D eigenvalue weighted by molar-refractivity contribution is 5.97. The number of hydrogen-bond acceptors (Lipinski definition) is 4. The maximum atomic E-state index is 13.7. The molecule has 0 spiro atoms. The SMILES string of the molecule is Cc1cc2c(cc(C(=O)NCc3ccc4c(c3)OCO4)n2Cc2ccc(F)c(F)c2)o1. The van der Waals surface area contributed by atoms with Crippen molar-refractivity contribution in [3.05, 3.63) is 82.7 Å². The zero-order chi connectivity index (χ0) is 21.5. The van der Waals surface area contributed by atoms with Gasteiger partial charge in [0.1, 0.15) is 11.5 Å². The number of rotatable bonds is 5. The number of nitrogens with one attached hydrogen (secondary N) is 1. The van der Waals surface area contributed by atoms with Crippen LogP contribution in [-0.2, 0) is 13.1 Å². The minimum atomic E-state index is -0.932. The number of nitrogens with zero attached hydrogens (tertiary/aromatic N) is 1. The lowest BCUT2D eigenvalue weighted by molar-refractivity contribution is 0.0942. The molecule has 158 valence electrons. The van der Waals surface area contributed by atoms with Gasteiger partial charge in [0.15, 0.2) is 28.7 Å². The number of ether oxygens (including phenoxy) is 2. The summed E-state index contributed by atoms with van der Waals surface area (Å²) in [5, 5.41) is 2.89. The molecule has 0 saturated carbocycles. The van der Waals surface area contributed by atoms with Gasteiger partial charge in [-0.2, -0.15) is 0 Å². The first-order valence-electron chi connectivity index (χ1n) is 9.68. The van der Waals surface area contributed by atoms with Gasteiger partial charge >= 0.3 is 0 Å². The minimum absolute atomic E-state index is 0.182. The fraction of sp³-hybridized carbons (Fsp3) is 0.174. The van der Waals surface area contributed by atoms with Gasteiger partial charge in [-0.05, 0) is 42.3 Å². The van der Waals surface area contributed by atoms with Crippen LogP contribution in [0.15, 0.2) is 52.9 Å². The molecule has 8 heteroatoms. The number of halogens is 2. The van der Waals surface area contributed by atoms with E-state index in [0.717, 1.165) is 17.7 Å². The molecule has 1 N–H and O–H groups in total. The number of hydrogen-bond donors (Lipinski definition) is 1. The summed E-state index contributed by atoms with van der Waals surface area (Å²) < 4.78 is 45.1. The Labute approximate surface area is 176 Å². The summed E-state index contributed by atoms with van der Waals surface area (Å²) in [5.41, 5.74) is 3.00. The number of aromatic nitrogens is 1. The Morgan fingerprint density at radius 2 is 1.81 bits per heavy atom. The van der Waals surface area contributed by atoms with Crippen molar-refractivity contribution in [2.75, 3.05) is 6.79 Å². The predicted molar refractivity (Wildman–Crippen MR) is 108 cm³/mol. The molecule has 6 nitrogen and oxygen atoms in total. The Hall–Kier alpha value is -3.81. The van der Waals surface area contributed by atoms with Gasteiger partial charge in [-0.1, -0.05) is 12.1 Å². The lowest BCUT2D eigenvalue weighted by atomic mass is 10.2. The predicted octanol–water partition coefficient (Wildman–Crippen LogP) is 4.53. The van der Waals surface area contributed by atoms with Crippen LogP contribution in [0, 0.1) is 18.6 Å². The maximum absolute atomic E-state index is 13.7. The molecule has 0 unspecified atom stereocenters. The molecular formula is C23H18F2N2O4. The lowest BCUT2D eigenvalue weighted by Crippen LogP contribution is -2.25. The molecule has 0 bridgehead atoms. The zero-order valence-electron chi connectivity index (χ0n) is 16.6. The molecule has 2 aromatic heterocycles. The van der Waals surface area contributed by atoms with Gasteiger partial charge < -0.3 is 23.8 Å². The Balaban J connectivity index is 1.41. The molecule has 5 rings (SSSR count). The van der Waals surface area contributed by atoms with E-state index in [9.17, 15) is 13.6 Å². The topological polar surface area (TPSA) is 65.6 Å². The van der Waals surface area contributed by atoms with Crippen molar-refractivity contribution in [1.82, 2.24) is 9.88 Å². The molecular weight excluding hydrogens is 406 g/mol. The second kappa shape index (κ2) is 7.46. The molecule has 0 saturated heterocycles. The second-order valence-corrected chi connectivity index (χ2v) is 7.34. The van der Waals surface area contributed by atoms with Gasteiger partial charge in [-0.3, -0.25) is 4.79 Å². The smallest absolute Gasteiger partial charge is 0.268 e. The third kappa shape index (κ3) is 3.61. The van der Waals surface area contributed by atoms with Gasteiger partial charge in [-0.25, -0.2) is 8.78 Å². The van der Waals surface area contributed by atoms with Crippen molar-refractivity contribution in [2.45, 2.75) is 20.0 Å². The van der Waals surface area contributed by atoms with Crippen molar-refractivity contribution >= 4 is 17.0 Å². The summed E-state index contributed by atoms with van der Waals surface area (Å²) in [6.45, 7) is 2.46. The monoisotopic (exact) mass is 424 g/mol. The molecule has 2 aromatic carbocycles. The molecule has 3 heterocycles. The van der Waals surface area contributed by atoms with E-state index in [-0.39, 0.29) is 25.8 Å². The van der Waals surface area contributed by atoms with Gasteiger partial charge in [-0.15, -0.1) is 0 Å². The van der Waals surface area contributed by atoms with Gasteiger partial charge in [0.05, 0.1) is 5.52 Å². The van der Waals surface area contributed by atoms with Crippen LogP contribution in [0.5, 0.6) is 11.5 Å². The van der Waals surface area contributed by atoms with Gasteiger partial charge in [0, 0.05) is 25.2 Å². The lowest BCUT2D eigenvalue weighted by Gasteiger charge is -2.11. The van der Waals surface area contributed by atoms with Crippen molar-refractivity contribution < 1.29 is 27.5 Å². The molecule has 0 radical (unpaired) electrons. The highest BCUT2D eigenvalue weighted by Gasteiger charge is 2.20. The number of furan rings is 1. The highest BCUT2D eigenvalue weighted by Crippen LogP contribution is 2.32. The van der Waals surface area contributed by atoms with Crippen LogP contribution in [0.3, 0.4) is 0 Å². The average molecular weight is 424 g/mol. The first-order chi connectivity index (χ1) is 15.0. The Morgan fingerprint density at radius 3 is 2.65 bits per heavy atom. The van der Waals surface area contributed by atoms with E-state index in [1.54, 1.807) is 23.6 Å². The van der Waals surface area contributed by atoms with E-state index < -0.39 is 11.6 Å². The van der Waals surface area contributed by atoms with E-state index in [0.29, 0.717) is 39.6 Å². The normalized spacial score (nSPS) is 12.5. The first-order valence-corrected chi connectivity index (χ1v) is 9.68. The van der Waals surface area contributed by atoms with E-state index in [1.807, 2.05) is 18.2 Å². The third-order valence-corrected chi connectivity index (χ3v) is 5.16. The van der Waals surface area contributed by atoms with Crippen molar-refractivity contribution in [1.29, 1.82) is 0 Å². The average Bonchev–Trinajstić information content (AvgIpc) is 3.44. The van der Waals surface area contributed by atoms with Crippen molar-refractivity contribution in [3.63, 3.8) is 0 Å². The zero-order valence-corrected chi connectivity index (χ0v) is 16.6. The van der Waals surface area contributed by atoms with Crippen molar-refractivity contribution in [2.24, 2.45) is 0 Å². The van der Waals surface area contributed by atoms with Crippen molar-refractivity contribution in [3.8, 4) is 11.5 Å². The quantitative estimate of drug-likeness (QED) is 0.511. The Bertz CT molecular complexity index is 1310. The molecule has 1 aliphatic heterocycles. The maximum Gasteiger partial charge on any atom is 0.268 e. The van der Waals surface area contributed by atoms with E-state index in [2.05, 4.69) is 5.32 Å². The highest BCUT2D eigenvalue weighted by atomic mass is 19.2. The summed E-state index contributed by atoms with van der Waals surface area (Å²) >= 11 is 0. The van der Waals surface area contributed by atoms with Gasteiger partial charge in [0.2, 0.25) is 6.79 Å². The van der Waals surface area contributed by atoms with Crippen LogP contribution in [0.25, 0.3) is 11.1 Å². The summed E-state index contributed by atoms with van der Waals surface area (Å²) in [7, 11) is 0. The number of carbonyl (C=O) groups is 1. The van der Waals surface area contributed by atoms with Crippen LogP contribution in [0.4, 0.5) is 8.78 Å². The summed E-state index contributed by atoms with van der Waals surface area (Å²) in [4.78, 5) is 13.0. The number of carbonyl (C=O) groups excluding carboxylic acids is 1. The molecule has 0 atom stereocenters. The van der Waals surface area contributed by atoms with Gasteiger partial charge in [0.25, 0.3) is 5.91 Å². The second-order valence-electron chi connectivity index (χ2n) is 7.34. The number of amides is 1. The molecule has 1 aliphatic rings. The summed E-state index contributed by atoms with van der Waals surface area (Å²) in [6, 6.07) is 12.6. The first kappa shape index (κ1) is 19.2. The Morgan fingerprint density at radius 1 is 1.00 bits per heavy atom. The van der Waals surface area contributed by atoms with E-state index in [1.165, 1.54) is 6.07 Å². The summed E-state index contributed by atoms with van der Waals surface area (Å²) in [6.07, 6.45) is 0. The molecule has 31 heavy (non-hydrogen) atoms. The van der Waals surface area contributed by atoms with Crippen LogP contribution < -0.4 is 14.8 Å². The van der Waals surface area contributed by atoms with Crippen LogP contribution in [0.1, 0.15) is 27.4 Å². The molecule has 0 aliphatic carbocycles. The number of aryl methyl sites for hydroxylation is 1. The largest absolute Gasteiger partial charge is 0.460 e. The van der Waals surface area contributed by atoms with Crippen LogP contribution in [-0.4, -0.2) is 17.3 Å². The molecule has 0 fully saturated rings. The van der Waals surface area contributed by atoms with E-state index >= 15 is 0 Å².